The highest BCUT2D eigenvalue weighted by Gasteiger charge is 2.33. The van der Waals surface area contributed by atoms with Gasteiger partial charge in [-0.25, -0.2) is 4.98 Å². The normalized spacial score (nSPS) is 14.9. The van der Waals surface area contributed by atoms with Crippen molar-refractivity contribution in [1.82, 2.24) is 19.8 Å². The topological polar surface area (TPSA) is 67.2 Å². The molecule has 0 saturated carbocycles. The quantitative estimate of drug-likeness (QED) is 0.172. The lowest BCUT2D eigenvalue weighted by atomic mass is 9.96. The predicted molar refractivity (Wildman–Crippen MR) is 194 cm³/mol. The monoisotopic (exact) mass is 664 g/mol. The molecule has 0 bridgehead atoms. The van der Waals surface area contributed by atoms with Gasteiger partial charge in [0.2, 0.25) is 0 Å². The zero-order valence-corrected chi connectivity index (χ0v) is 29.0. The van der Waals surface area contributed by atoms with E-state index < -0.39 is 0 Å². The minimum absolute atomic E-state index is 0.0625. The molecule has 242 valence electrons. The highest BCUT2D eigenvalue weighted by Crippen LogP contribution is 2.33. The number of thiazole rings is 1. The Labute approximate surface area is 286 Å². The largest absolute Gasteiger partial charge is 0.329 e. The number of halogens is 1. The minimum Gasteiger partial charge on any atom is -0.329 e. The zero-order chi connectivity index (χ0) is 33.1. The molecule has 0 aliphatic carbocycles. The second-order valence-electron chi connectivity index (χ2n) is 12.5. The van der Waals surface area contributed by atoms with Crippen molar-refractivity contribution in [1.29, 1.82) is 0 Å². The summed E-state index contributed by atoms with van der Waals surface area (Å²) >= 11 is 7.58. The number of pyridine rings is 1. The first-order valence-electron chi connectivity index (χ1n) is 16.5. The Morgan fingerprint density at radius 3 is 2.36 bits per heavy atom. The molecule has 6 rings (SSSR count). The van der Waals surface area contributed by atoms with Gasteiger partial charge in [-0.1, -0.05) is 100.0 Å². The molecule has 5 aromatic rings. The summed E-state index contributed by atoms with van der Waals surface area (Å²) in [6.07, 6.45) is 2.10. The van der Waals surface area contributed by atoms with Gasteiger partial charge < -0.3 is 10.2 Å². The van der Waals surface area contributed by atoms with Gasteiger partial charge in [-0.05, 0) is 60.1 Å². The average Bonchev–Trinajstić information content (AvgIpc) is 3.58. The Kier molecular flexibility index (Phi) is 10.1. The van der Waals surface area contributed by atoms with Crippen molar-refractivity contribution in [3.8, 4) is 27.5 Å². The molecule has 1 amide bonds. The first-order valence-corrected chi connectivity index (χ1v) is 17.7. The molecule has 0 radical (unpaired) electrons. The molecule has 8 heteroatoms. The first-order chi connectivity index (χ1) is 22.8. The third kappa shape index (κ3) is 6.71. The molecule has 1 atom stereocenters. The van der Waals surface area contributed by atoms with Crippen molar-refractivity contribution >= 4 is 28.8 Å². The van der Waals surface area contributed by atoms with Gasteiger partial charge in [0.15, 0.2) is 0 Å². The number of nitrogens with one attached hydrogen (secondary N) is 1. The number of piperazine rings is 1. The van der Waals surface area contributed by atoms with E-state index in [0.717, 1.165) is 52.2 Å². The second-order valence-corrected chi connectivity index (χ2v) is 13.8. The highest BCUT2D eigenvalue weighted by atomic mass is 35.5. The van der Waals surface area contributed by atoms with Crippen molar-refractivity contribution in [3.63, 3.8) is 0 Å². The van der Waals surface area contributed by atoms with E-state index in [0.29, 0.717) is 47.2 Å². The van der Waals surface area contributed by atoms with Crippen LogP contribution in [0.1, 0.15) is 66.5 Å². The predicted octanol–water partition coefficient (Wildman–Crippen LogP) is 8.39. The van der Waals surface area contributed by atoms with Crippen molar-refractivity contribution in [2.75, 3.05) is 19.6 Å². The summed E-state index contributed by atoms with van der Waals surface area (Å²) in [5, 5.41) is 6.69. The van der Waals surface area contributed by atoms with Crippen LogP contribution in [0.4, 0.5) is 0 Å². The Morgan fingerprint density at radius 2 is 1.70 bits per heavy atom. The molecule has 1 aliphatic heterocycles. The van der Waals surface area contributed by atoms with Gasteiger partial charge in [-0.3, -0.25) is 14.2 Å². The Morgan fingerprint density at radius 1 is 1.00 bits per heavy atom. The lowest BCUT2D eigenvalue weighted by Gasteiger charge is -2.37. The lowest BCUT2D eigenvalue weighted by Crippen LogP contribution is -2.49. The molecule has 3 heterocycles. The molecule has 47 heavy (non-hydrogen) atoms. The van der Waals surface area contributed by atoms with Gasteiger partial charge in [0.25, 0.3) is 11.5 Å². The lowest BCUT2D eigenvalue weighted by molar-refractivity contribution is 0.0632. The fraction of sp³-hybridized carbons (Fsp3) is 0.308. The SMILES string of the molecule is CCc1cccc(CC)c1-n1c(CC(C)C)c(C(=O)N2CCNCC2c2ccccc2)cc(-c2nc(-c3ccc(Cl)cc3)cs2)c1=O. The van der Waals surface area contributed by atoms with Gasteiger partial charge in [0.05, 0.1) is 28.6 Å². The summed E-state index contributed by atoms with van der Waals surface area (Å²) < 4.78 is 1.86. The molecule has 2 aromatic heterocycles. The van der Waals surface area contributed by atoms with Crippen LogP contribution in [0.25, 0.3) is 27.5 Å². The molecule has 1 unspecified atom stereocenters. The minimum atomic E-state index is -0.148. The van der Waals surface area contributed by atoms with Crippen LogP contribution >= 0.6 is 22.9 Å². The van der Waals surface area contributed by atoms with Crippen LogP contribution in [-0.2, 0) is 19.3 Å². The molecule has 3 aromatic carbocycles. The number of hydrogen-bond acceptors (Lipinski definition) is 5. The maximum atomic E-state index is 15.0. The van der Waals surface area contributed by atoms with E-state index in [-0.39, 0.29) is 23.4 Å². The summed E-state index contributed by atoms with van der Waals surface area (Å²) in [4.78, 5) is 36.8. The van der Waals surface area contributed by atoms with Crippen LogP contribution in [0.5, 0.6) is 0 Å². The summed E-state index contributed by atoms with van der Waals surface area (Å²) in [5.74, 6) is 0.147. The fourth-order valence-electron chi connectivity index (χ4n) is 6.54. The smallest absolute Gasteiger partial charge is 0.265 e. The number of aryl methyl sites for hydroxylation is 2. The average molecular weight is 665 g/mol. The van der Waals surface area contributed by atoms with E-state index in [1.165, 1.54) is 11.3 Å². The maximum absolute atomic E-state index is 15.0. The molecular weight excluding hydrogens is 624 g/mol. The number of nitrogens with zero attached hydrogens (tertiary/aromatic N) is 3. The standard InChI is InChI=1S/C39H41ClN4O2S/c1-5-26-13-10-14-27(6-2)36(26)44-34(21-25(3)4)31(38(45)43-20-19-41-23-35(43)29-11-8-7-9-12-29)22-32(39(44)46)37-42-33(24-47-37)28-15-17-30(40)18-16-28/h7-18,22,24-25,35,41H,5-6,19-21,23H2,1-4H3. The summed E-state index contributed by atoms with van der Waals surface area (Å²) in [5.41, 5.74) is 7.43. The van der Waals surface area contributed by atoms with E-state index in [4.69, 9.17) is 16.6 Å². The Hall–Kier alpha value is -4.04. The van der Waals surface area contributed by atoms with Gasteiger partial charge in [-0.15, -0.1) is 11.3 Å². The number of para-hydroxylation sites is 1. The number of amides is 1. The van der Waals surface area contributed by atoms with Crippen LogP contribution in [0, 0.1) is 5.92 Å². The third-order valence-electron chi connectivity index (χ3n) is 8.89. The Balaban J connectivity index is 1.61. The van der Waals surface area contributed by atoms with E-state index in [9.17, 15) is 9.59 Å². The van der Waals surface area contributed by atoms with Crippen LogP contribution < -0.4 is 10.9 Å². The van der Waals surface area contributed by atoms with E-state index in [1.807, 2.05) is 63.4 Å². The molecule has 6 nitrogen and oxygen atoms in total. The fourth-order valence-corrected chi connectivity index (χ4v) is 7.51. The molecule has 1 N–H and O–H groups in total. The number of benzene rings is 3. The van der Waals surface area contributed by atoms with E-state index >= 15 is 0 Å². The molecule has 1 saturated heterocycles. The van der Waals surface area contributed by atoms with Gasteiger partial charge in [-0.2, -0.15) is 0 Å². The van der Waals surface area contributed by atoms with Gasteiger partial charge in [0.1, 0.15) is 5.01 Å². The molecular formula is C39H41ClN4O2S. The second kappa shape index (κ2) is 14.4. The molecule has 1 fully saturated rings. The van der Waals surface area contributed by atoms with Crippen LogP contribution in [0.3, 0.4) is 0 Å². The van der Waals surface area contributed by atoms with Crippen molar-refractivity contribution in [2.24, 2.45) is 5.92 Å². The maximum Gasteiger partial charge on any atom is 0.265 e. The number of carbonyl (C=O) groups excluding carboxylic acids is 1. The van der Waals surface area contributed by atoms with Crippen LogP contribution in [-0.4, -0.2) is 40.0 Å². The highest BCUT2D eigenvalue weighted by molar-refractivity contribution is 7.13. The van der Waals surface area contributed by atoms with Gasteiger partial charge >= 0.3 is 0 Å². The Bertz CT molecular complexity index is 1910. The number of carbonyl (C=O) groups is 1. The summed E-state index contributed by atoms with van der Waals surface area (Å²) in [6.45, 7) is 10.4. The van der Waals surface area contributed by atoms with Crippen LogP contribution in [0.2, 0.25) is 5.02 Å². The molecule has 0 spiro atoms. The first kappa shape index (κ1) is 32.9. The zero-order valence-electron chi connectivity index (χ0n) is 27.4. The third-order valence-corrected chi connectivity index (χ3v) is 10.0. The summed E-state index contributed by atoms with van der Waals surface area (Å²) in [7, 11) is 0. The van der Waals surface area contributed by atoms with Crippen molar-refractivity contribution in [3.05, 3.63) is 128 Å². The summed E-state index contributed by atoms with van der Waals surface area (Å²) in [6, 6.07) is 25.7. The van der Waals surface area contributed by atoms with E-state index in [1.54, 1.807) is 0 Å². The number of rotatable bonds is 9. The number of aromatic nitrogens is 2. The van der Waals surface area contributed by atoms with Gasteiger partial charge in [0, 0.05) is 41.3 Å². The van der Waals surface area contributed by atoms with E-state index in [2.05, 4.69) is 63.3 Å². The molecule has 1 aliphatic rings. The van der Waals surface area contributed by atoms with Crippen molar-refractivity contribution < 1.29 is 4.79 Å². The van der Waals surface area contributed by atoms with Crippen molar-refractivity contribution in [2.45, 2.75) is 53.0 Å². The number of hydrogen-bond donors (Lipinski definition) is 1. The van der Waals surface area contributed by atoms with Crippen LogP contribution in [0.15, 0.2) is 89.0 Å².